The maximum Gasteiger partial charge on any atom is 0.0912 e. The van der Waals surface area contributed by atoms with Crippen LogP contribution in [0.4, 0.5) is 0 Å². The lowest BCUT2D eigenvalue weighted by molar-refractivity contribution is 1.24. The average Bonchev–Trinajstić information content (AvgIpc) is 3.03. The number of hydrogen-bond acceptors (Lipinski definition) is 1. The summed E-state index contributed by atoms with van der Waals surface area (Å²) in [5.74, 6) is 0. The second-order valence-electron chi connectivity index (χ2n) is 5.47. The molecule has 2 N–H and O–H groups in total. The molecule has 0 spiro atoms. The maximum absolute atomic E-state index is 3.74. The van der Waals surface area contributed by atoms with E-state index in [-0.39, 0.29) is 0 Å². The van der Waals surface area contributed by atoms with Crippen molar-refractivity contribution < 1.29 is 0 Å². The van der Waals surface area contributed by atoms with Crippen molar-refractivity contribution in [3.63, 3.8) is 0 Å². The predicted molar refractivity (Wildman–Crippen MR) is 126 cm³/mol. The fourth-order valence-corrected chi connectivity index (χ4v) is 7.15. The highest BCUT2D eigenvalue weighted by molar-refractivity contribution is 9.11. The molecule has 0 aliphatic heterocycles. The molecule has 0 radical (unpaired) electrons. The van der Waals surface area contributed by atoms with Crippen LogP contribution in [0.15, 0.2) is 51.8 Å². The zero-order chi connectivity index (χ0) is 17.9. The Morgan fingerprint density at radius 2 is 1.24 bits per heavy atom. The molecule has 25 heavy (non-hydrogen) atoms. The van der Waals surface area contributed by atoms with Crippen molar-refractivity contribution in [2.75, 3.05) is 6.26 Å². The quantitative estimate of drug-likeness (QED) is 0.205. The van der Waals surface area contributed by atoms with Gasteiger partial charge < -0.3 is 9.97 Å². The second kappa shape index (κ2) is 7.02. The first-order valence-corrected chi connectivity index (χ1v) is 12.3. The van der Waals surface area contributed by atoms with Crippen molar-refractivity contribution in [3.05, 3.63) is 46.8 Å². The number of halogens is 5. The summed E-state index contributed by atoms with van der Waals surface area (Å²) in [4.78, 5) is 7.00. The predicted octanol–water partition coefficient (Wildman–Crippen LogP) is 8.85. The first kappa shape index (κ1) is 18.6. The van der Waals surface area contributed by atoms with Gasteiger partial charge >= 0.3 is 0 Å². The Bertz CT molecular complexity index is 1150. The van der Waals surface area contributed by atoms with Crippen LogP contribution in [0.1, 0.15) is 0 Å². The van der Waals surface area contributed by atoms with Gasteiger partial charge in [0.1, 0.15) is 0 Å². The third-order valence-corrected chi connectivity index (χ3v) is 7.48. The number of aromatic amines is 2. The Hall–Kier alpha value is 0.270. The summed E-state index contributed by atoms with van der Waals surface area (Å²) < 4.78 is 5.13. The van der Waals surface area contributed by atoms with Crippen molar-refractivity contribution in [2.24, 2.45) is 0 Å². The molecule has 0 amide bonds. The number of hydrogen-bond donors (Lipinski definition) is 2. The fraction of sp³-hybridized carbons (Fsp3) is 0.0588. The van der Waals surface area contributed by atoms with Crippen molar-refractivity contribution in [2.45, 2.75) is 5.03 Å². The van der Waals surface area contributed by atoms with Crippen molar-refractivity contribution >= 4 is 113 Å². The summed E-state index contributed by atoms with van der Waals surface area (Å²) in [7, 11) is 0. The van der Waals surface area contributed by atoms with Crippen LogP contribution in [-0.4, -0.2) is 16.2 Å². The second-order valence-corrected chi connectivity index (χ2v) is 10.6. The smallest absolute Gasteiger partial charge is 0.0912 e. The third kappa shape index (κ3) is 3.10. The minimum atomic E-state index is 0.965. The molecular weight excluding hydrogens is 664 g/mol. The highest BCUT2D eigenvalue weighted by Gasteiger charge is 2.23. The number of rotatable bonds is 2. The van der Waals surface area contributed by atoms with Crippen molar-refractivity contribution in [3.8, 4) is 11.1 Å². The summed E-state index contributed by atoms with van der Waals surface area (Å²) in [6.07, 6.45) is 2.09. The number of fused-ring (bicyclic) bond motifs is 2. The normalized spacial score (nSPS) is 11.8. The van der Waals surface area contributed by atoms with E-state index >= 15 is 0 Å². The van der Waals surface area contributed by atoms with E-state index in [4.69, 9.17) is 0 Å². The number of H-pyrrole nitrogens is 2. The van der Waals surface area contributed by atoms with Gasteiger partial charge in [0.15, 0.2) is 0 Å². The van der Waals surface area contributed by atoms with Gasteiger partial charge in [0.2, 0.25) is 0 Å². The molecule has 0 bridgehead atoms. The highest BCUT2D eigenvalue weighted by Crippen LogP contribution is 2.48. The Morgan fingerprint density at radius 3 is 1.80 bits per heavy atom. The van der Waals surface area contributed by atoms with Gasteiger partial charge in [-0.05, 0) is 46.5 Å². The minimum Gasteiger partial charge on any atom is -0.349 e. The summed E-state index contributed by atoms with van der Waals surface area (Å²) in [5.41, 5.74) is 4.49. The molecule has 0 unspecified atom stereocenters. The van der Waals surface area contributed by atoms with Gasteiger partial charge in [-0.1, -0.05) is 63.7 Å². The van der Waals surface area contributed by atoms with E-state index in [0.717, 1.165) is 49.5 Å². The number of aromatic nitrogens is 2. The number of benzene rings is 2. The van der Waals surface area contributed by atoms with Crippen LogP contribution in [0, 0.1) is 0 Å². The number of nitrogens with one attached hydrogen (secondary N) is 2. The molecule has 2 aromatic heterocycles. The van der Waals surface area contributed by atoms with Crippen LogP contribution in [0.2, 0.25) is 0 Å². The monoisotopic (exact) mass is 668 g/mol. The molecule has 0 aliphatic rings. The first-order chi connectivity index (χ1) is 11.9. The molecule has 2 aromatic carbocycles. The molecule has 0 aliphatic carbocycles. The van der Waals surface area contributed by atoms with Gasteiger partial charge in [-0.15, -0.1) is 11.8 Å². The Morgan fingerprint density at radius 1 is 0.720 bits per heavy atom. The Labute approximate surface area is 190 Å². The molecule has 0 fully saturated rings. The van der Waals surface area contributed by atoms with E-state index in [1.54, 1.807) is 11.8 Å². The molecular formula is C17H9Br5N2S. The lowest BCUT2D eigenvalue weighted by Gasteiger charge is -2.06. The molecule has 0 saturated heterocycles. The fourth-order valence-electron chi connectivity index (χ4n) is 3.07. The molecule has 2 heterocycles. The van der Waals surface area contributed by atoms with Crippen LogP contribution in [0.5, 0.6) is 0 Å². The lowest BCUT2D eigenvalue weighted by atomic mass is 10.0. The van der Waals surface area contributed by atoms with Crippen LogP contribution in [0.25, 0.3) is 32.9 Å². The molecule has 128 valence electrons. The average molecular weight is 673 g/mol. The van der Waals surface area contributed by atoms with E-state index in [1.807, 2.05) is 0 Å². The Balaban J connectivity index is 2.19. The van der Waals surface area contributed by atoms with Crippen LogP contribution in [0.3, 0.4) is 0 Å². The van der Waals surface area contributed by atoms with Crippen LogP contribution in [-0.2, 0) is 0 Å². The molecule has 0 atom stereocenters. The van der Waals surface area contributed by atoms with Crippen LogP contribution < -0.4 is 0 Å². The van der Waals surface area contributed by atoms with Crippen molar-refractivity contribution in [1.29, 1.82) is 0 Å². The maximum atomic E-state index is 3.74. The van der Waals surface area contributed by atoms with E-state index < -0.39 is 0 Å². The van der Waals surface area contributed by atoms with E-state index in [9.17, 15) is 0 Å². The topological polar surface area (TPSA) is 31.6 Å². The summed E-state index contributed by atoms with van der Waals surface area (Å²) in [6, 6.07) is 8.36. The van der Waals surface area contributed by atoms with E-state index in [2.05, 4.69) is 120 Å². The van der Waals surface area contributed by atoms with Gasteiger partial charge in [0.25, 0.3) is 0 Å². The largest absolute Gasteiger partial charge is 0.349 e. The highest BCUT2D eigenvalue weighted by atomic mass is 79.9. The van der Waals surface area contributed by atoms with Crippen molar-refractivity contribution in [1.82, 2.24) is 9.97 Å². The summed E-state index contributed by atoms with van der Waals surface area (Å²) in [6.45, 7) is 0. The summed E-state index contributed by atoms with van der Waals surface area (Å²) in [5, 5.41) is 3.45. The Kier molecular flexibility index (Phi) is 5.23. The first-order valence-electron chi connectivity index (χ1n) is 7.12. The van der Waals surface area contributed by atoms with Gasteiger partial charge in [-0.3, -0.25) is 0 Å². The SMILES string of the molecule is CSc1[nH]c2cc(Br)cc(Br)c2c1-c1c(Br)[nH]c2cc(Br)cc(Br)c12. The van der Waals surface area contributed by atoms with Crippen LogP contribution >= 0.6 is 91.4 Å². The van der Waals surface area contributed by atoms with Gasteiger partial charge in [-0.25, -0.2) is 0 Å². The van der Waals surface area contributed by atoms with Gasteiger partial charge in [0.05, 0.1) is 9.63 Å². The molecule has 4 rings (SSSR count). The molecule has 0 saturated carbocycles. The molecule has 8 heteroatoms. The van der Waals surface area contributed by atoms with Gasteiger partial charge in [0, 0.05) is 50.8 Å². The standard InChI is InChI=1S/C17H9Br5N2S/c1-25-17-15(13-9(21)3-7(19)5-11(13)24-17)14-12-8(20)2-6(18)4-10(12)23-16(14)22/h2-5,23-24H,1H3. The summed E-state index contributed by atoms with van der Waals surface area (Å²) >= 11 is 20.1. The lowest BCUT2D eigenvalue weighted by Crippen LogP contribution is -1.81. The molecule has 2 nitrogen and oxygen atoms in total. The third-order valence-electron chi connectivity index (χ3n) is 4.00. The van der Waals surface area contributed by atoms with E-state index in [1.165, 1.54) is 10.9 Å². The number of thioether (sulfide) groups is 1. The van der Waals surface area contributed by atoms with Gasteiger partial charge in [-0.2, -0.15) is 0 Å². The minimum absolute atomic E-state index is 0.965. The molecule has 4 aromatic rings. The zero-order valence-electron chi connectivity index (χ0n) is 12.6. The zero-order valence-corrected chi connectivity index (χ0v) is 21.4. The van der Waals surface area contributed by atoms with E-state index in [0.29, 0.717) is 0 Å².